The summed E-state index contributed by atoms with van der Waals surface area (Å²) < 4.78 is 5.79. The van der Waals surface area contributed by atoms with E-state index in [4.69, 9.17) is 4.74 Å². The molecule has 2 N–H and O–H groups in total. The number of benzene rings is 1. The number of hydrogen-bond acceptors (Lipinski definition) is 4. The fraction of sp³-hybridized carbons (Fsp3) is 0.524. The zero-order valence-electron chi connectivity index (χ0n) is 15.6. The second-order valence-corrected chi connectivity index (χ2v) is 8.21. The number of aryl methyl sites for hydroxylation is 2. The summed E-state index contributed by atoms with van der Waals surface area (Å²) >= 11 is 1.81. The molecule has 0 bridgehead atoms. The Balaban J connectivity index is 0.00000243. The molecule has 3 rings (SSSR count). The van der Waals surface area contributed by atoms with Gasteiger partial charge in [0.25, 0.3) is 0 Å². The van der Waals surface area contributed by atoms with Gasteiger partial charge in [-0.1, -0.05) is 25.0 Å². The van der Waals surface area contributed by atoms with Crippen LogP contribution in [0.2, 0.25) is 0 Å². The lowest BCUT2D eigenvalue weighted by molar-refractivity contribution is 0.101. The van der Waals surface area contributed by atoms with Gasteiger partial charge in [-0.05, 0) is 67.3 Å². The maximum Gasteiger partial charge on any atom is 0.119 e. The SMILES string of the molecule is Cc1cc(C)cc(OCC(O)CNC(c2cccs2)C2CCCC2)c1.Cl. The van der Waals surface area contributed by atoms with E-state index in [0.717, 1.165) is 5.75 Å². The zero-order chi connectivity index (χ0) is 17.6. The van der Waals surface area contributed by atoms with Gasteiger partial charge in [0.15, 0.2) is 0 Å². The molecule has 1 aromatic heterocycles. The first kappa shape index (κ1) is 21.2. The Labute approximate surface area is 167 Å². The highest BCUT2D eigenvalue weighted by Crippen LogP contribution is 2.37. The quantitative estimate of drug-likeness (QED) is 0.657. The number of aliphatic hydroxyl groups is 1. The van der Waals surface area contributed by atoms with Crippen LogP contribution in [0.1, 0.15) is 47.7 Å². The molecule has 2 aromatic rings. The van der Waals surface area contributed by atoms with Crippen LogP contribution in [0.15, 0.2) is 35.7 Å². The molecule has 0 amide bonds. The Morgan fingerprint density at radius 2 is 1.88 bits per heavy atom. The molecule has 1 aliphatic rings. The smallest absolute Gasteiger partial charge is 0.119 e. The average Bonchev–Trinajstić information content (AvgIpc) is 3.26. The predicted molar refractivity (Wildman–Crippen MR) is 112 cm³/mol. The summed E-state index contributed by atoms with van der Waals surface area (Å²) in [4.78, 5) is 1.38. The van der Waals surface area contributed by atoms with E-state index in [9.17, 15) is 5.11 Å². The molecule has 2 unspecified atom stereocenters. The van der Waals surface area contributed by atoms with Gasteiger partial charge in [0.1, 0.15) is 18.5 Å². The number of hydrogen-bond donors (Lipinski definition) is 2. The number of ether oxygens (including phenoxy) is 1. The predicted octanol–water partition coefficient (Wildman–Crippen LogP) is 5.05. The molecular weight excluding hydrogens is 366 g/mol. The summed E-state index contributed by atoms with van der Waals surface area (Å²) in [6.07, 6.45) is 4.71. The molecule has 1 fully saturated rings. The fourth-order valence-electron chi connectivity index (χ4n) is 3.79. The molecule has 1 aliphatic carbocycles. The van der Waals surface area contributed by atoms with E-state index >= 15 is 0 Å². The van der Waals surface area contributed by atoms with Gasteiger partial charge < -0.3 is 15.2 Å². The van der Waals surface area contributed by atoms with Gasteiger partial charge in [0.2, 0.25) is 0 Å². The van der Waals surface area contributed by atoms with Crippen molar-refractivity contribution in [1.29, 1.82) is 0 Å². The summed E-state index contributed by atoms with van der Waals surface area (Å²) in [5.74, 6) is 1.52. The first-order chi connectivity index (χ1) is 12.1. The molecular formula is C21H30ClNO2S. The van der Waals surface area contributed by atoms with Crippen LogP contribution in [0.3, 0.4) is 0 Å². The van der Waals surface area contributed by atoms with Gasteiger partial charge >= 0.3 is 0 Å². The number of aliphatic hydroxyl groups excluding tert-OH is 1. The van der Waals surface area contributed by atoms with Crippen molar-refractivity contribution in [3.8, 4) is 5.75 Å². The summed E-state index contributed by atoms with van der Waals surface area (Å²) in [7, 11) is 0. The Hall–Kier alpha value is -1.07. The number of halogens is 1. The molecule has 0 radical (unpaired) electrons. The molecule has 0 saturated heterocycles. The van der Waals surface area contributed by atoms with Crippen LogP contribution in [0, 0.1) is 19.8 Å². The summed E-state index contributed by atoms with van der Waals surface area (Å²) in [5, 5.41) is 16.1. The Bertz CT molecular complexity index is 636. The zero-order valence-corrected chi connectivity index (χ0v) is 17.2. The van der Waals surface area contributed by atoms with Crippen molar-refractivity contribution >= 4 is 23.7 Å². The lowest BCUT2D eigenvalue weighted by Gasteiger charge is -2.25. The van der Waals surface area contributed by atoms with E-state index in [1.807, 2.05) is 23.5 Å². The number of thiophene rings is 1. The van der Waals surface area contributed by atoms with Crippen LogP contribution in [0.5, 0.6) is 5.75 Å². The second-order valence-electron chi connectivity index (χ2n) is 7.23. The van der Waals surface area contributed by atoms with Crippen LogP contribution >= 0.6 is 23.7 Å². The van der Waals surface area contributed by atoms with E-state index in [2.05, 4.69) is 42.7 Å². The average molecular weight is 396 g/mol. The first-order valence-corrected chi connectivity index (χ1v) is 10.2. The Morgan fingerprint density at radius 1 is 1.19 bits per heavy atom. The van der Waals surface area contributed by atoms with Gasteiger partial charge in [-0.15, -0.1) is 23.7 Å². The molecule has 0 aliphatic heterocycles. The highest BCUT2D eigenvalue weighted by molar-refractivity contribution is 7.10. The van der Waals surface area contributed by atoms with E-state index in [1.165, 1.54) is 41.7 Å². The van der Waals surface area contributed by atoms with Crippen molar-refractivity contribution in [3.05, 3.63) is 51.7 Å². The van der Waals surface area contributed by atoms with Crippen molar-refractivity contribution in [3.63, 3.8) is 0 Å². The third-order valence-electron chi connectivity index (χ3n) is 4.93. The van der Waals surface area contributed by atoms with Gasteiger partial charge in [0, 0.05) is 17.5 Å². The van der Waals surface area contributed by atoms with Gasteiger partial charge in [-0.3, -0.25) is 0 Å². The van der Waals surface area contributed by atoms with E-state index in [0.29, 0.717) is 25.1 Å². The molecule has 0 spiro atoms. The lowest BCUT2D eigenvalue weighted by Crippen LogP contribution is -2.36. The van der Waals surface area contributed by atoms with E-state index < -0.39 is 6.10 Å². The third kappa shape index (κ3) is 5.98. The molecule has 1 aromatic carbocycles. The molecule has 5 heteroatoms. The lowest BCUT2D eigenvalue weighted by atomic mass is 9.96. The Morgan fingerprint density at radius 3 is 2.50 bits per heavy atom. The minimum absolute atomic E-state index is 0. The number of rotatable bonds is 8. The Kier molecular flexibility index (Phi) is 8.42. The first-order valence-electron chi connectivity index (χ1n) is 9.28. The minimum Gasteiger partial charge on any atom is -0.491 e. The van der Waals surface area contributed by atoms with Crippen LogP contribution in [-0.2, 0) is 0 Å². The topological polar surface area (TPSA) is 41.5 Å². The maximum absolute atomic E-state index is 10.4. The summed E-state index contributed by atoms with van der Waals surface area (Å²) in [6, 6.07) is 10.8. The molecule has 144 valence electrons. The molecule has 26 heavy (non-hydrogen) atoms. The van der Waals surface area contributed by atoms with Crippen molar-refractivity contribution in [2.45, 2.75) is 51.7 Å². The van der Waals surface area contributed by atoms with Gasteiger partial charge in [-0.25, -0.2) is 0 Å². The van der Waals surface area contributed by atoms with Crippen molar-refractivity contribution < 1.29 is 9.84 Å². The van der Waals surface area contributed by atoms with Crippen LogP contribution in [0.4, 0.5) is 0 Å². The normalized spacial score (nSPS) is 16.9. The van der Waals surface area contributed by atoms with Crippen LogP contribution in [0.25, 0.3) is 0 Å². The highest BCUT2D eigenvalue weighted by Gasteiger charge is 2.27. The summed E-state index contributed by atoms with van der Waals surface area (Å²) in [6.45, 7) is 5.00. The van der Waals surface area contributed by atoms with Crippen molar-refractivity contribution in [2.24, 2.45) is 5.92 Å². The maximum atomic E-state index is 10.4. The third-order valence-corrected chi connectivity index (χ3v) is 5.89. The molecule has 2 atom stereocenters. The monoisotopic (exact) mass is 395 g/mol. The van der Waals surface area contributed by atoms with Crippen LogP contribution < -0.4 is 10.1 Å². The molecule has 1 heterocycles. The largest absolute Gasteiger partial charge is 0.491 e. The molecule has 3 nitrogen and oxygen atoms in total. The van der Waals surface area contributed by atoms with E-state index in [-0.39, 0.29) is 12.4 Å². The van der Waals surface area contributed by atoms with Crippen molar-refractivity contribution in [1.82, 2.24) is 5.32 Å². The summed E-state index contributed by atoms with van der Waals surface area (Å²) in [5.41, 5.74) is 2.36. The highest BCUT2D eigenvalue weighted by atomic mass is 35.5. The minimum atomic E-state index is -0.510. The second kappa shape index (κ2) is 10.3. The van der Waals surface area contributed by atoms with E-state index in [1.54, 1.807) is 0 Å². The fourth-order valence-corrected chi connectivity index (χ4v) is 4.68. The standard InChI is InChI=1S/C21H29NO2S.ClH/c1-15-10-16(2)12-19(11-15)24-14-18(23)13-22-21(17-6-3-4-7-17)20-8-5-9-25-20;/h5,8-12,17-18,21-23H,3-4,6-7,13-14H2,1-2H3;1H. The van der Waals surface area contributed by atoms with Gasteiger partial charge in [0.05, 0.1) is 0 Å². The number of nitrogens with one attached hydrogen (secondary N) is 1. The molecule has 1 saturated carbocycles. The van der Waals surface area contributed by atoms with Crippen LogP contribution in [-0.4, -0.2) is 24.4 Å². The van der Waals surface area contributed by atoms with Crippen molar-refractivity contribution in [2.75, 3.05) is 13.2 Å². The van der Waals surface area contributed by atoms with Gasteiger partial charge in [-0.2, -0.15) is 0 Å².